The Labute approximate surface area is 126 Å². The van der Waals surface area contributed by atoms with Crippen LogP contribution in [0.4, 0.5) is 8.78 Å². The maximum absolute atomic E-state index is 13.5. The molecule has 0 bridgehead atoms. The van der Waals surface area contributed by atoms with E-state index in [1.54, 1.807) is 6.92 Å². The molecule has 22 heavy (non-hydrogen) atoms. The SMILES string of the molecule is COC(=O)[C@@H](C[C@@H](C)C#N)NC(=O)Cc1c(F)cccc1F. The maximum atomic E-state index is 13.5. The minimum atomic E-state index is -1.04. The Morgan fingerprint density at radius 3 is 2.45 bits per heavy atom. The number of benzene rings is 1. The van der Waals surface area contributed by atoms with Crippen molar-refractivity contribution in [3.63, 3.8) is 0 Å². The van der Waals surface area contributed by atoms with Crippen LogP contribution in [-0.2, 0) is 20.7 Å². The van der Waals surface area contributed by atoms with Crippen molar-refractivity contribution in [2.45, 2.75) is 25.8 Å². The zero-order valence-corrected chi connectivity index (χ0v) is 12.2. The van der Waals surface area contributed by atoms with Gasteiger partial charge in [-0.1, -0.05) is 6.07 Å². The van der Waals surface area contributed by atoms with Crippen LogP contribution in [0.3, 0.4) is 0 Å². The number of esters is 1. The highest BCUT2D eigenvalue weighted by Crippen LogP contribution is 2.13. The molecule has 0 spiro atoms. The molecule has 118 valence electrons. The second kappa shape index (κ2) is 8.08. The van der Waals surface area contributed by atoms with Crippen LogP contribution >= 0.6 is 0 Å². The largest absolute Gasteiger partial charge is 0.467 e. The highest BCUT2D eigenvalue weighted by molar-refractivity contribution is 5.85. The molecule has 0 aliphatic heterocycles. The lowest BCUT2D eigenvalue weighted by Gasteiger charge is -2.17. The minimum absolute atomic E-state index is 0.0503. The summed E-state index contributed by atoms with van der Waals surface area (Å²) in [5.41, 5.74) is -0.378. The number of methoxy groups -OCH3 is 1. The Kier molecular flexibility index (Phi) is 6.45. The van der Waals surface area contributed by atoms with Gasteiger partial charge in [-0.05, 0) is 25.5 Å². The minimum Gasteiger partial charge on any atom is -0.467 e. The Morgan fingerprint density at radius 1 is 1.36 bits per heavy atom. The number of nitrogens with one attached hydrogen (secondary N) is 1. The molecule has 1 rings (SSSR count). The molecule has 0 heterocycles. The van der Waals surface area contributed by atoms with Gasteiger partial charge in [-0.3, -0.25) is 4.79 Å². The summed E-state index contributed by atoms with van der Waals surface area (Å²) < 4.78 is 31.5. The first kappa shape index (κ1) is 17.6. The van der Waals surface area contributed by atoms with Crippen molar-refractivity contribution in [2.24, 2.45) is 5.92 Å². The van der Waals surface area contributed by atoms with Gasteiger partial charge in [0.15, 0.2) is 0 Å². The molecular weight excluding hydrogens is 294 g/mol. The smallest absolute Gasteiger partial charge is 0.328 e. The molecule has 0 unspecified atom stereocenters. The monoisotopic (exact) mass is 310 g/mol. The second-order valence-electron chi connectivity index (χ2n) is 4.79. The summed E-state index contributed by atoms with van der Waals surface area (Å²) >= 11 is 0. The van der Waals surface area contributed by atoms with E-state index in [2.05, 4.69) is 10.1 Å². The van der Waals surface area contributed by atoms with E-state index >= 15 is 0 Å². The Balaban J connectivity index is 2.79. The Morgan fingerprint density at radius 2 is 1.95 bits per heavy atom. The zero-order chi connectivity index (χ0) is 16.7. The van der Waals surface area contributed by atoms with Gasteiger partial charge < -0.3 is 10.1 Å². The van der Waals surface area contributed by atoms with Gasteiger partial charge in [0.25, 0.3) is 0 Å². The highest BCUT2D eigenvalue weighted by atomic mass is 19.1. The molecule has 1 aromatic rings. The lowest BCUT2D eigenvalue weighted by Crippen LogP contribution is -2.43. The summed E-state index contributed by atoms with van der Waals surface area (Å²) in [7, 11) is 1.15. The first-order valence-corrected chi connectivity index (χ1v) is 6.58. The number of rotatable bonds is 6. The summed E-state index contributed by atoms with van der Waals surface area (Å²) in [5.74, 6) is -3.62. The van der Waals surface area contributed by atoms with Crippen molar-refractivity contribution in [2.75, 3.05) is 7.11 Å². The van der Waals surface area contributed by atoms with E-state index in [0.717, 1.165) is 19.2 Å². The Bertz CT molecular complexity index is 579. The van der Waals surface area contributed by atoms with Gasteiger partial charge >= 0.3 is 5.97 Å². The summed E-state index contributed by atoms with van der Waals surface area (Å²) in [6, 6.07) is 4.17. The predicted octanol–water partition coefficient (Wildman–Crippen LogP) is 1.71. The molecule has 0 aliphatic carbocycles. The number of carbonyl (C=O) groups is 2. The fourth-order valence-electron chi connectivity index (χ4n) is 1.87. The lowest BCUT2D eigenvalue weighted by atomic mass is 10.0. The number of carbonyl (C=O) groups excluding carboxylic acids is 2. The van der Waals surface area contributed by atoms with Crippen LogP contribution in [0.25, 0.3) is 0 Å². The normalized spacial score (nSPS) is 12.9. The Hall–Kier alpha value is -2.49. The number of hydrogen-bond donors (Lipinski definition) is 1. The number of hydrogen-bond acceptors (Lipinski definition) is 4. The van der Waals surface area contributed by atoms with E-state index in [1.165, 1.54) is 6.07 Å². The average molecular weight is 310 g/mol. The van der Waals surface area contributed by atoms with Gasteiger partial charge in [0.05, 0.1) is 19.6 Å². The highest BCUT2D eigenvalue weighted by Gasteiger charge is 2.24. The molecule has 2 atom stereocenters. The van der Waals surface area contributed by atoms with Crippen LogP contribution < -0.4 is 5.32 Å². The van der Waals surface area contributed by atoms with E-state index in [0.29, 0.717) is 0 Å². The van der Waals surface area contributed by atoms with Gasteiger partial charge in [0.1, 0.15) is 17.7 Å². The third kappa shape index (κ3) is 4.81. The number of nitrogens with zero attached hydrogens (tertiary/aromatic N) is 1. The number of nitriles is 1. The molecule has 1 aromatic carbocycles. The van der Waals surface area contributed by atoms with Crippen LogP contribution in [0, 0.1) is 28.9 Å². The van der Waals surface area contributed by atoms with Gasteiger partial charge in [0, 0.05) is 11.5 Å². The third-order valence-corrected chi connectivity index (χ3v) is 3.03. The zero-order valence-electron chi connectivity index (χ0n) is 12.2. The van der Waals surface area contributed by atoms with Crippen molar-refractivity contribution in [1.82, 2.24) is 5.32 Å². The maximum Gasteiger partial charge on any atom is 0.328 e. The fourth-order valence-corrected chi connectivity index (χ4v) is 1.87. The predicted molar refractivity (Wildman–Crippen MR) is 73.4 cm³/mol. The standard InChI is InChI=1S/C15H16F2N2O3/c1-9(8-18)6-13(15(21)22-2)19-14(20)7-10-11(16)4-3-5-12(10)17/h3-5,9,13H,6-7H2,1-2H3,(H,19,20)/t9-,13-/m1/s1. The average Bonchev–Trinajstić information content (AvgIpc) is 2.49. The van der Waals surface area contributed by atoms with Gasteiger partial charge in [-0.15, -0.1) is 0 Å². The molecule has 0 saturated heterocycles. The van der Waals surface area contributed by atoms with Crippen LogP contribution in [0.5, 0.6) is 0 Å². The van der Waals surface area contributed by atoms with Crippen molar-refractivity contribution >= 4 is 11.9 Å². The summed E-state index contributed by atoms with van der Waals surface area (Å²) in [5, 5.41) is 11.1. The van der Waals surface area contributed by atoms with E-state index < -0.39 is 41.9 Å². The van der Waals surface area contributed by atoms with Gasteiger partial charge in [0.2, 0.25) is 5.91 Å². The van der Waals surface area contributed by atoms with Crippen molar-refractivity contribution in [3.8, 4) is 6.07 Å². The molecule has 5 nitrogen and oxygen atoms in total. The van der Waals surface area contributed by atoms with E-state index in [1.807, 2.05) is 6.07 Å². The molecule has 1 amide bonds. The van der Waals surface area contributed by atoms with Gasteiger partial charge in [-0.2, -0.15) is 5.26 Å². The summed E-state index contributed by atoms with van der Waals surface area (Å²) in [6.45, 7) is 1.58. The number of halogens is 2. The van der Waals surface area contributed by atoms with Crippen LogP contribution in [0.1, 0.15) is 18.9 Å². The second-order valence-corrected chi connectivity index (χ2v) is 4.79. The van der Waals surface area contributed by atoms with E-state index in [9.17, 15) is 18.4 Å². The lowest BCUT2D eigenvalue weighted by molar-refractivity contribution is -0.145. The molecule has 1 N–H and O–H groups in total. The molecule has 0 radical (unpaired) electrons. The molecule has 0 fully saturated rings. The van der Waals surface area contributed by atoms with Crippen LogP contribution in [0.15, 0.2) is 18.2 Å². The molecule has 0 aromatic heterocycles. The molecule has 0 aliphatic rings. The van der Waals surface area contributed by atoms with E-state index in [4.69, 9.17) is 5.26 Å². The topological polar surface area (TPSA) is 79.2 Å². The van der Waals surface area contributed by atoms with E-state index in [-0.39, 0.29) is 12.0 Å². The van der Waals surface area contributed by atoms with Crippen molar-refractivity contribution < 1.29 is 23.1 Å². The number of ether oxygens (including phenoxy) is 1. The third-order valence-electron chi connectivity index (χ3n) is 3.03. The molecule has 0 saturated carbocycles. The first-order chi connectivity index (χ1) is 10.4. The molecule has 7 heteroatoms. The van der Waals surface area contributed by atoms with Crippen molar-refractivity contribution in [1.29, 1.82) is 5.26 Å². The van der Waals surface area contributed by atoms with Crippen molar-refractivity contribution in [3.05, 3.63) is 35.4 Å². The number of amides is 1. The summed E-state index contributed by atoms with van der Waals surface area (Å²) in [4.78, 5) is 23.5. The summed E-state index contributed by atoms with van der Waals surface area (Å²) in [6.07, 6.45) is -0.498. The quantitative estimate of drug-likeness (QED) is 0.811. The molecular formula is C15H16F2N2O3. The van der Waals surface area contributed by atoms with Gasteiger partial charge in [-0.25, -0.2) is 13.6 Å². The van der Waals surface area contributed by atoms with Crippen LogP contribution in [-0.4, -0.2) is 25.0 Å². The van der Waals surface area contributed by atoms with Crippen LogP contribution in [0.2, 0.25) is 0 Å². The fraction of sp³-hybridized carbons (Fsp3) is 0.400. The first-order valence-electron chi connectivity index (χ1n) is 6.58.